The van der Waals surface area contributed by atoms with Crippen LogP contribution in [-0.2, 0) is 4.74 Å². The number of hydrogen-bond acceptors (Lipinski definition) is 6. The molecule has 0 atom stereocenters. The molecule has 1 aliphatic heterocycles. The lowest BCUT2D eigenvalue weighted by Gasteiger charge is -2.27. The van der Waals surface area contributed by atoms with Gasteiger partial charge in [-0.2, -0.15) is 0 Å². The number of halogens is 2. The van der Waals surface area contributed by atoms with Gasteiger partial charge in [-0.15, -0.1) is 0 Å². The smallest absolute Gasteiger partial charge is 0.323 e. The Labute approximate surface area is 199 Å². The van der Waals surface area contributed by atoms with Crippen LogP contribution in [0.1, 0.15) is 0 Å². The maximum Gasteiger partial charge on any atom is 0.323 e. The number of fused-ring (bicyclic) bond motifs is 1. The van der Waals surface area contributed by atoms with Gasteiger partial charge in [0.25, 0.3) is 0 Å². The summed E-state index contributed by atoms with van der Waals surface area (Å²) < 4.78 is 39.1. The van der Waals surface area contributed by atoms with Gasteiger partial charge in [-0.25, -0.2) is 18.6 Å². The van der Waals surface area contributed by atoms with E-state index in [2.05, 4.69) is 25.5 Å². The van der Waals surface area contributed by atoms with Gasteiger partial charge in [-0.1, -0.05) is 6.07 Å². The first kappa shape index (κ1) is 22.5. The minimum atomic E-state index is -0.702. The van der Waals surface area contributed by atoms with Crippen molar-refractivity contribution >= 4 is 34.3 Å². The van der Waals surface area contributed by atoms with E-state index < -0.39 is 17.7 Å². The number of urea groups is 1. The largest absolute Gasteiger partial charge is 0.457 e. The van der Waals surface area contributed by atoms with E-state index in [0.29, 0.717) is 30.0 Å². The third kappa shape index (κ3) is 5.44. The third-order valence-corrected chi connectivity index (χ3v) is 5.34. The fourth-order valence-corrected chi connectivity index (χ4v) is 3.64. The summed E-state index contributed by atoms with van der Waals surface area (Å²) in [6.45, 7) is 2.78. The molecule has 5 rings (SSSR count). The van der Waals surface area contributed by atoms with Gasteiger partial charge in [0.2, 0.25) is 0 Å². The van der Waals surface area contributed by atoms with E-state index in [9.17, 15) is 13.6 Å². The normalized spacial score (nSPS) is 13.5. The molecule has 8 nitrogen and oxygen atoms in total. The molecule has 2 heterocycles. The molecule has 1 aliphatic rings. The van der Waals surface area contributed by atoms with E-state index in [1.807, 2.05) is 0 Å². The molecule has 2 N–H and O–H groups in total. The Morgan fingerprint density at radius 1 is 0.943 bits per heavy atom. The summed E-state index contributed by atoms with van der Waals surface area (Å²) in [7, 11) is 0. The summed E-state index contributed by atoms with van der Waals surface area (Å²) in [4.78, 5) is 23.4. The Morgan fingerprint density at radius 2 is 1.74 bits per heavy atom. The van der Waals surface area contributed by atoms with Crippen molar-refractivity contribution in [2.75, 3.05) is 41.8 Å². The number of amides is 2. The molecular weight excluding hydrogens is 456 g/mol. The SMILES string of the molecule is O=C(Nc1cccc(F)c1)Nc1ccc(Oc2ccc3ncc(N4CCOCC4)nc3c2)cc1F. The first-order chi connectivity index (χ1) is 17.0. The van der Waals surface area contributed by atoms with Crippen LogP contribution in [0.15, 0.2) is 66.9 Å². The van der Waals surface area contributed by atoms with Gasteiger partial charge in [0.15, 0.2) is 0 Å². The monoisotopic (exact) mass is 477 g/mol. The number of benzene rings is 3. The Balaban J connectivity index is 1.27. The Hall–Kier alpha value is -4.31. The number of anilines is 3. The predicted octanol–water partition coefficient (Wildman–Crippen LogP) is 5.18. The van der Waals surface area contributed by atoms with Crippen LogP contribution in [0.4, 0.5) is 30.8 Å². The molecule has 0 unspecified atom stereocenters. The van der Waals surface area contributed by atoms with Gasteiger partial charge in [-0.05, 0) is 42.5 Å². The summed E-state index contributed by atoms with van der Waals surface area (Å²) >= 11 is 0. The van der Waals surface area contributed by atoms with Crippen molar-refractivity contribution < 1.29 is 23.0 Å². The predicted molar refractivity (Wildman–Crippen MR) is 128 cm³/mol. The zero-order chi connectivity index (χ0) is 24.2. The van der Waals surface area contributed by atoms with Gasteiger partial charge in [0.1, 0.15) is 29.0 Å². The summed E-state index contributed by atoms with van der Waals surface area (Å²) in [5.41, 5.74) is 1.56. The number of ether oxygens (including phenoxy) is 2. The van der Waals surface area contributed by atoms with Crippen LogP contribution >= 0.6 is 0 Å². The highest BCUT2D eigenvalue weighted by Crippen LogP contribution is 2.28. The van der Waals surface area contributed by atoms with Crippen molar-refractivity contribution in [1.82, 2.24) is 9.97 Å². The van der Waals surface area contributed by atoms with Gasteiger partial charge in [-0.3, -0.25) is 4.98 Å². The Morgan fingerprint density at radius 3 is 2.54 bits per heavy atom. The van der Waals surface area contributed by atoms with E-state index in [4.69, 9.17) is 9.47 Å². The van der Waals surface area contributed by atoms with Gasteiger partial charge in [0.05, 0.1) is 36.1 Å². The van der Waals surface area contributed by atoms with E-state index >= 15 is 0 Å². The minimum absolute atomic E-state index is 0.0502. The van der Waals surface area contributed by atoms with Crippen molar-refractivity contribution in [2.45, 2.75) is 0 Å². The summed E-state index contributed by atoms with van der Waals surface area (Å²) in [5, 5.41) is 4.84. The average Bonchev–Trinajstić information content (AvgIpc) is 2.86. The highest BCUT2D eigenvalue weighted by molar-refractivity contribution is 5.99. The van der Waals surface area contributed by atoms with E-state index in [0.717, 1.165) is 31.0 Å². The minimum Gasteiger partial charge on any atom is -0.457 e. The van der Waals surface area contributed by atoms with Crippen LogP contribution in [0.2, 0.25) is 0 Å². The number of nitrogens with one attached hydrogen (secondary N) is 2. The van der Waals surface area contributed by atoms with Gasteiger partial charge >= 0.3 is 6.03 Å². The molecule has 0 radical (unpaired) electrons. The highest BCUT2D eigenvalue weighted by Gasteiger charge is 2.14. The molecule has 178 valence electrons. The Kier molecular flexibility index (Phi) is 6.36. The van der Waals surface area contributed by atoms with Crippen molar-refractivity contribution in [3.8, 4) is 11.5 Å². The van der Waals surface area contributed by atoms with Crippen LogP contribution < -0.4 is 20.3 Å². The average molecular weight is 477 g/mol. The van der Waals surface area contributed by atoms with Crippen molar-refractivity contribution in [2.24, 2.45) is 0 Å². The molecule has 1 fully saturated rings. The number of carbonyl (C=O) groups is 1. The van der Waals surface area contributed by atoms with Gasteiger partial charge < -0.3 is 25.0 Å². The van der Waals surface area contributed by atoms with E-state index in [-0.39, 0.29) is 17.1 Å². The maximum atomic E-state index is 14.6. The topological polar surface area (TPSA) is 88.6 Å². The number of aromatic nitrogens is 2. The second-order valence-electron chi connectivity index (χ2n) is 7.81. The molecule has 3 aromatic carbocycles. The standard InChI is InChI=1S/C25H21F2N5O3/c26-16-2-1-3-17(12-16)29-25(33)31-21-6-4-18(13-20(21)27)35-19-5-7-22-23(14-19)30-24(15-28-22)32-8-10-34-11-9-32/h1-7,12-15H,8-11H2,(H2,29,31,33). The molecule has 0 bridgehead atoms. The fourth-order valence-electron chi connectivity index (χ4n) is 3.64. The quantitative estimate of drug-likeness (QED) is 0.412. The van der Waals surface area contributed by atoms with Crippen LogP contribution in [-0.4, -0.2) is 42.3 Å². The molecule has 0 spiro atoms. The van der Waals surface area contributed by atoms with Crippen LogP contribution in [0.3, 0.4) is 0 Å². The lowest BCUT2D eigenvalue weighted by atomic mass is 10.2. The number of carbonyl (C=O) groups excluding carboxylic acids is 1. The van der Waals surface area contributed by atoms with Crippen molar-refractivity contribution in [3.05, 3.63) is 78.5 Å². The van der Waals surface area contributed by atoms with Crippen LogP contribution in [0.25, 0.3) is 11.0 Å². The zero-order valence-electron chi connectivity index (χ0n) is 18.5. The molecule has 2 amide bonds. The third-order valence-electron chi connectivity index (χ3n) is 5.34. The molecule has 0 aliphatic carbocycles. The number of hydrogen-bond donors (Lipinski definition) is 2. The molecule has 0 saturated carbocycles. The second-order valence-corrected chi connectivity index (χ2v) is 7.81. The summed E-state index contributed by atoms with van der Waals surface area (Å²) in [6.07, 6.45) is 1.74. The second kappa shape index (κ2) is 9.90. The van der Waals surface area contributed by atoms with Crippen LogP contribution in [0.5, 0.6) is 11.5 Å². The van der Waals surface area contributed by atoms with Crippen LogP contribution in [0, 0.1) is 11.6 Å². The number of nitrogens with zero attached hydrogens (tertiary/aromatic N) is 3. The van der Waals surface area contributed by atoms with Gasteiger partial charge in [0, 0.05) is 30.9 Å². The van der Waals surface area contributed by atoms with Crippen molar-refractivity contribution in [3.63, 3.8) is 0 Å². The zero-order valence-corrected chi connectivity index (χ0v) is 18.5. The van der Waals surface area contributed by atoms with E-state index in [1.54, 1.807) is 24.4 Å². The molecule has 10 heteroatoms. The lowest BCUT2D eigenvalue weighted by Crippen LogP contribution is -2.36. The van der Waals surface area contributed by atoms with E-state index in [1.165, 1.54) is 30.3 Å². The molecule has 35 heavy (non-hydrogen) atoms. The molecule has 4 aromatic rings. The highest BCUT2D eigenvalue weighted by atomic mass is 19.1. The fraction of sp³-hybridized carbons (Fsp3) is 0.160. The maximum absolute atomic E-state index is 14.6. The first-order valence-corrected chi connectivity index (χ1v) is 10.9. The first-order valence-electron chi connectivity index (χ1n) is 10.9. The summed E-state index contributed by atoms with van der Waals surface area (Å²) in [5.74, 6) is 0.292. The molecular formula is C25H21F2N5O3. The number of morpholine rings is 1. The van der Waals surface area contributed by atoms with Crippen molar-refractivity contribution in [1.29, 1.82) is 0 Å². The Bertz CT molecular complexity index is 1380. The lowest BCUT2D eigenvalue weighted by molar-refractivity contribution is 0.122. The number of rotatable bonds is 5. The molecule has 1 aromatic heterocycles. The molecule has 1 saturated heterocycles. The summed E-state index contributed by atoms with van der Waals surface area (Å²) in [6, 6.07) is 14.0.